The first-order chi connectivity index (χ1) is 15.2. The number of amides is 3. The number of likely N-dealkylation sites (N-methyl/N-ethyl adjacent to an activating group) is 1. The SMILES string of the molecule is CN1CCC[C@H]1C(=O)N(C(=O)CNC(=O)OCc1ccccc1)[C@@H](CCC(=O)O)C(=O)O. The summed E-state index contributed by atoms with van der Waals surface area (Å²) in [4.78, 5) is 62.8. The Hall–Kier alpha value is -3.47. The largest absolute Gasteiger partial charge is 0.481 e. The van der Waals surface area contributed by atoms with Gasteiger partial charge in [-0.3, -0.25) is 24.2 Å². The average molecular weight is 449 g/mol. The smallest absolute Gasteiger partial charge is 0.407 e. The van der Waals surface area contributed by atoms with Crippen LogP contribution in [0.3, 0.4) is 0 Å². The molecule has 11 nitrogen and oxygen atoms in total. The van der Waals surface area contributed by atoms with Gasteiger partial charge in [0, 0.05) is 6.42 Å². The Bertz CT molecular complexity index is 845. The van der Waals surface area contributed by atoms with Gasteiger partial charge in [-0.2, -0.15) is 0 Å². The van der Waals surface area contributed by atoms with Gasteiger partial charge in [-0.15, -0.1) is 0 Å². The van der Waals surface area contributed by atoms with Crippen molar-refractivity contribution in [1.82, 2.24) is 15.1 Å². The molecule has 0 bridgehead atoms. The molecule has 1 aliphatic heterocycles. The first-order valence-corrected chi connectivity index (χ1v) is 10.2. The van der Waals surface area contributed by atoms with Crippen LogP contribution in [0, 0.1) is 0 Å². The molecule has 2 rings (SSSR count). The van der Waals surface area contributed by atoms with Crippen molar-refractivity contribution in [3.05, 3.63) is 35.9 Å². The van der Waals surface area contributed by atoms with Crippen molar-refractivity contribution in [3.63, 3.8) is 0 Å². The quantitative estimate of drug-likeness (QED) is 0.468. The van der Waals surface area contributed by atoms with Crippen molar-refractivity contribution in [2.24, 2.45) is 0 Å². The molecule has 0 radical (unpaired) electrons. The number of ether oxygens (including phenoxy) is 1. The van der Waals surface area contributed by atoms with E-state index in [1.54, 1.807) is 42.3 Å². The molecule has 1 heterocycles. The zero-order valence-electron chi connectivity index (χ0n) is 17.7. The molecular formula is C21H27N3O8. The van der Waals surface area contributed by atoms with E-state index in [1.807, 2.05) is 0 Å². The van der Waals surface area contributed by atoms with Crippen molar-refractivity contribution in [2.75, 3.05) is 20.1 Å². The highest BCUT2D eigenvalue weighted by atomic mass is 16.5. The molecule has 3 N–H and O–H groups in total. The number of likely N-dealkylation sites (tertiary alicyclic amines) is 1. The number of carboxylic acid groups (broad SMARTS) is 2. The number of rotatable bonds is 10. The van der Waals surface area contributed by atoms with Crippen LogP contribution in [0.2, 0.25) is 0 Å². The van der Waals surface area contributed by atoms with Gasteiger partial charge in [-0.05, 0) is 38.4 Å². The van der Waals surface area contributed by atoms with Gasteiger partial charge in [-0.1, -0.05) is 30.3 Å². The molecule has 2 atom stereocenters. The number of carboxylic acids is 2. The van der Waals surface area contributed by atoms with Crippen molar-refractivity contribution in [1.29, 1.82) is 0 Å². The fraction of sp³-hybridized carbons (Fsp3) is 0.476. The van der Waals surface area contributed by atoms with E-state index < -0.39 is 61.3 Å². The number of nitrogens with zero attached hydrogens (tertiary/aromatic N) is 2. The predicted molar refractivity (Wildman–Crippen MR) is 110 cm³/mol. The van der Waals surface area contributed by atoms with Crippen LogP contribution in [0.5, 0.6) is 0 Å². The number of alkyl carbamates (subject to hydrolysis) is 1. The summed E-state index contributed by atoms with van der Waals surface area (Å²) in [6.45, 7) is -0.102. The summed E-state index contributed by atoms with van der Waals surface area (Å²) in [6.07, 6.45) is -0.758. The second kappa shape index (κ2) is 11.8. The molecule has 0 saturated carbocycles. The molecule has 0 unspecified atom stereocenters. The summed E-state index contributed by atoms with van der Waals surface area (Å²) in [5.74, 6) is -4.44. The molecule has 1 aromatic carbocycles. The molecule has 0 aromatic heterocycles. The maximum Gasteiger partial charge on any atom is 0.407 e. The molecule has 11 heteroatoms. The summed E-state index contributed by atoms with van der Waals surface area (Å²) in [7, 11) is 1.68. The van der Waals surface area contributed by atoms with E-state index >= 15 is 0 Å². The van der Waals surface area contributed by atoms with Crippen LogP contribution in [-0.2, 0) is 30.5 Å². The van der Waals surface area contributed by atoms with Gasteiger partial charge in [-0.25, -0.2) is 9.59 Å². The molecule has 1 saturated heterocycles. The van der Waals surface area contributed by atoms with Gasteiger partial charge < -0.3 is 20.3 Å². The molecule has 174 valence electrons. The third-order valence-corrected chi connectivity index (χ3v) is 5.14. The molecule has 1 aromatic rings. The first kappa shape index (κ1) is 24.8. The molecule has 0 aliphatic carbocycles. The minimum atomic E-state index is -1.66. The van der Waals surface area contributed by atoms with Crippen LogP contribution < -0.4 is 5.32 Å². The molecular weight excluding hydrogens is 422 g/mol. The predicted octanol–water partition coefficient (Wildman–Crippen LogP) is 0.680. The molecule has 3 amide bonds. The Labute approximate surface area is 184 Å². The molecule has 1 fully saturated rings. The van der Waals surface area contributed by atoms with E-state index in [9.17, 15) is 29.1 Å². The van der Waals surface area contributed by atoms with E-state index in [-0.39, 0.29) is 6.61 Å². The highest BCUT2D eigenvalue weighted by Gasteiger charge is 2.40. The summed E-state index contributed by atoms with van der Waals surface area (Å²) in [6, 6.07) is 6.48. The lowest BCUT2D eigenvalue weighted by atomic mass is 10.1. The lowest BCUT2D eigenvalue weighted by molar-refractivity contribution is -0.160. The van der Waals surface area contributed by atoms with Crippen molar-refractivity contribution >= 4 is 29.8 Å². The highest BCUT2D eigenvalue weighted by molar-refractivity contribution is 6.02. The van der Waals surface area contributed by atoms with E-state index in [2.05, 4.69) is 5.32 Å². The number of imide groups is 1. The third kappa shape index (κ3) is 7.05. The number of hydrogen-bond donors (Lipinski definition) is 3. The number of nitrogens with one attached hydrogen (secondary N) is 1. The zero-order chi connectivity index (χ0) is 23.7. The fourth-order valence-electron chi connectivity index (χ4n) is 3.46. The van der Waals surface area contributed by atoms with E-state index in [4.69, 9.17) is 9.84 Å². The zero-order valence-corrected chi connectivity index (χ0v) is 17.7. The Morgan fingerprint density at radius 3 is 2.44 bits per heavy atom. The van der Waals surface area contributed by atoms with Crippen LogP contribution in [0.25, 0.3) is 0 Å². The van der Waals surface area contributed by atoms with Gasteiger partial charge in [0.15, 0.2) is 0 Å². The number of hydrogen-bond acceptors (Lipinski definition) is 7. The van der Waals surface area contributed by atoms with E-state index in [0.717, 1.165) is 5.56 Å². The average Bonchev–Trinajstić information content (AvgIpc) is 3.19. The third-order valence-electron chi connectivity index (χ3n) is 5.14. The monoisotopic (exact) mass is 449 g/mol. The van der Waals surface area contributed by atoms with Gasteiger partial charge in [0.1, 0.15) is 19.2 Å². The molecule has 1 aliphatic rings. The standard InChI is InChI=1S/C21H27N3O8/c1-23-11-5-8-15(23)19(28)24(16(20(29)30)9-10-18(26)27)17(25)12-22-21(31)32-13-14-6-3-2-4-7-14/h2-4,6-7,15-16H,5,8-13H2,1H3,(H,22,31)(H,26,27)(H,29,30)/t15-,16-/m0/s1. The number of benzene rings is 1. The van der Waals surface area contributed by atoms with Crippen LogP contribution in [-0.4, -0.2) is 82.1 Å². The summed E-state index contributed by atoms with van der Waals surface area (Å²) in [5, 5.41) is 20.7. The first-order valence-electron chi connectivity index (χ1n) is 10.2. The topological polar surface area (TPSA) is 154 Å². The van der Waals surface area contributed by atoms with Crippen LogP contribution in [0.15, 0.2) is 30.3 Å². The minimum Gasteiger partial charge on any atom is -0.481 e. The lowest BCUT2D eigenvalue weighted by Crippen LogP contribution is -2.56. The number of aliphatic carboxylic acids is 2. The second-order valence-corrected chi connectivity index (χ2v) is 7.44. The summed E-state index contributed by atoms with van der Waals surface area (Å²) in [5.41, 5.74) is 0.731. The highest BCUT2D eigenvalue weighted by Crippen LogP contribution is 2.20. The fourth-order valence-corrected chi connectivity index (χ4v) is 3.46. The lowest BCUT2D eigenvalue weighted by Gasteiger charge is -2.31. The normalized spacial score (nSPS) is 16.7. The van der Waals surface area contributed by atoms with Gasteiger partial charge in [0.2, 0.25) is 11.8 Å². The summed E-state index contributed by atoms with van der Waals surface area (Å²) < 4.78 is 5.01. The van der Waals surface area contributed by atoms with E-state index in [0.29, 0.717) is 24.3 Å². The number of carbonyl (C=O) groups excluding carboxylic acids is 3. The Kier molecular flexibility index (Phi) is 9.14. The Balaban J connectivity index is 2.08. The maximum atomic E-state index is 13.1. The van der Waals surface area contributed by atoms with Gasteiger partial charge in [0.05, 0.1) is 6.04 Å². The maximum absolute atomic E-state index is 13.1. The Morgan fingerprint density at radius 1 is 1.19 bits per heavy atom. The second-order valence-electron chi connectivity index (χ2n) is 7.44. The van der Waals surface area contributed by atoms with Crippen molar-refractivity contribution in [3.8, 4) is 0 Å². The van der Waals surface area contributed by atoms with Gasteiger partial charge >= 0.3 is 18.0 Å². The van der Waals surface area contributed by atoms with Crippen LogP contribution >= 0.6 is 0 Å². The summed E-state index contributed by atoms with van der Waals surface area (Å²) >= 11 is 0. The molecule has 32 heavy (non-hydrogen) atoms. The van der Waals surface area contributed by atoms with Gasteiger partial charge in [0.25, 0.3) is 0 Å². The Morgan fingerprint density at radius 2 is 1.88 bits per heavy atom. The minimum absolute atomic E-state index is 0.0350. The van der Waals surface area contributed by atoms with Crippen LogP contribution in [0.4, 0.5) is 4.79 Å². The van der Waals surface area contributed by atoms with E-state index in [1.165, 1.54) is 0 Å². The number of carbonyl (C=O) groups is 5. The molecule has 0 spiro atoms. The van der Waals surface area contributed by atoms with Crippen molar-refractivity contribution in [2.45, 2.75) is 44.4 Å². The van der Waals surface area contributed by atoms with Crippen LogP contribution in [0.1, 0.15) is 31.2 Å². The van der Waals surface area contributed by atoms with Crippen molar-refractivity contribution < 1.29 is 38.9 Å².